The molecule has 1 amide bonds. The summed E-state index contributed by atoms with van der Waals surface area (Å²) in [7, 11) is 0. The first kappa shape index (κ1) is 33.4. The number of halogens is 7. The summed E-state index contributed by atoms with van der Waals surface area (Å²) in [5.74, 6) is -4.87. The van der Waals surface area contributed by atoms with Gasteiger partial charge in [0.2, 0.25) is 0 Å². The van der Waals surface area contributed by atoms with E-state index in [4.69, 9.17) is 21.5 Å². The second-order valence-electron chi connectivity index (χ2n) is 9.34. The summed E-state index contributed by atoms with van der Waals surface area (Å²) < 4.78 is 69.3. The number of carboxylic acids is 1. The summed E-state index contributed by atoms with van der Waals surface area (Å²) in [6.07, 6.45) is -7.11. The molecule has 222 valence electrons. The lowest BCUT2D eigenvalue weighted by molar-refractivity contribution is -0.192. The molecule has 6 nitrogen and oxygen atoms in total. The number of hydrogen-bond donors (Lipinski definition) is 4. The summed E-state index contributed by atoms with van der Waals surface area (Å²) >= 11 is 6.65. The largest absolute Gasteiger partial charge is 0.490 e. The van der Waals surface area contributed by atoms with Crippen LogP contribution in [0.5, 0.6) is 0 Å². The molecular weight excluding hydrogens is 566 g/mol. The summed E-state index contributed by atoms with van der Waals surface area (Å²) in [6.45, 7) is 3.33. The van der Waals surface area contributed by atoms with Gasteiger partial charge in [-0.25, -0.2) is 4.79 Å². The topological polar surface area (TPSA) is 98.7 Å². The fraction of sp³-hybridized carbons (Fsp3) is 0.481. The van der Waals surface area contributed by atoms with Gasteiger partial charge in [-0.1, -0.05) is 54.9 Å². The molecular formula is C27H31ClF6N2O4. The van der Waals surface area contributed by atoms with Crippen LogP contribution in [0.2, 0.25) is 5.02 Å². The average molecular weight is 597 g/mol. The van der Waals surface area contributed by atoms with Crippen LogP contribution in [0.25, 0.3) is 11.1 Å². The first-order valence-electron chi connectivity index (χ1n) is 12.6. The van der Waals surface area contributed by atoms with Crippen molar-refractivity contribution >= 4 is 23.5 Å². The standard InChI is InChI=1S/C25H30ClF3N2O2.C2HF3O2/c1-2-17-7-3-8-18(15-17)22-20(10-4-11-21(22)26)24(33,19-9-5-13-30-16-19)12-6-14-31-23(32)25(27,28)29;3-2(4,5)1(6)7/h3-4,7-8,10-11,15,19,30,33H,2,5-6,9,12-14,16H2,1H3,(H,31,32);(H,6,7)/t19-,24?;/m1./s1. The number of hydrogen-bond acceptors (Lipinski definition) is 4. The predicted octanol–water partition coefficient (Wildman–Crippen LogP) is 5.85. The molecule has 1 unspecified atom stereocenters. The van der Waals surface area contributed by atoms with Crippen LogP contribution < -0.4 is 10.6 Å². The summed E-state index contributed by atoms with van der Waals surface area (Å²) in [6, 6.07) is 13.4. The van der Waals surface area contributed by atoms with Crippen molar-refractivity contribution in [1.29, 1.82) is 0 Å². The summed E-state index contributed by atoms with van der Waals surface area (Å²) in [5, 5.41) is 24.9. The normalized spacial score (nSPS) is 17.3. The van der Waals surface area contributed by atoms with Crippen LogP contribution >= 0.6 is 11.6 Å². The molecule has 0 bridgehead atoms. The SMILES string of the molecule is CCc1cccc(-c2c(Cl)cccc2C(O)(CCCNC(=O)C(F)(F)F)[C@@H]2CCCNC2)c1.O=C(O)C(F)(F)F. The third-order valence-corrected chi connectivity index (χ3v) is 6.91. The molecule has 1 aliphatic rings. The number of carboxylic acid groups (broad SMARTS) is 1. The Bertz CT molecular complexity index is 1150. The second kappa shape index (κ2) is 14.2. The molecule has 0 spiro atoms. The van der Waals surface area contributed by atoms with Gasteiger partial charge in [0.1, 0.15) is 0 Å². The van der Waals surface area contributed by atoms with Crippen LogP contribution in [0.1, 0.15) is 43.7 Å². The first-order valence-corrected chi connectivity index (χ1v) is 13.0. The maximum atomic E-state index is 12.5. The predicted molar refractivity (Wildman–Crippen MR) is 138 cm³/mol. The van der Waals surface area contributed by atoms with E-state index in [0.29, 0.717) is 17.1 Å². The highest BCUT2D eigenvalue weighted by atomic mass is 35.5. The highest BCUT2D eigenvalue weighted by molar-refractivity contribution is 6.33. The molecule has 0 aliphatic carbocycles. The number of carbonyl (C=O) groups is 2. The maximum absolute atomic E-state index is 12.5. The highest BCUT2D eigenvalue weighted by Gasteiger charge is 2.42. The minimum absolute atomic E-state index is 0.142. The maximum Gasteiger partial charge on any atom is 0.490 e. The zero-order chi connectivity index (χ0) is 30.1. The number of aliphatic carboxylic acids is 1. The molecule has 1 fully saturated rings. The number of aliphatic hydroxyl groups is 1. The number of amides is 1. The minimum Gasteiger partial charge on any atom is -0.475 e. The molecule has 2 aromatic carbocycles. The van der Waals surface area contributed by atoms with Gasteiger partial charge in [-0.3, -0.25) is 4.79 Å². The lowest BCUT2D eigenvalue weighted by Gasteiger charge is -2.40. The van der Waals surface area contributed by atoms with Crippen molar-refractivity contribution < 1.29 is 46.1 Å². The third-order valence-electron chi connectivity index (χ3n) is 6.60. The van der Waals surface area contributed by atoms with Crippen molar-refractivity contribution in [3.8, 4) is 11.1 Å². The van der Waals surface area contributed by atoms with Crippen molar-refractivity contribution in [2.24, 2.45) is 5.92 Å². The Morgan fingerprint density at radius 2 is 1.73 bits per heavy atom. The van der Waals surface area contributed by atoms with E-state index < -0.39 is 29.8 Å². The molecule has 0 saturated carbocycles. The van der Waals surface area contributed by atoms with Gasteiger partial charge in [0.25, 0.3) is 0 Å². The molecule has 1 aliphatic heterocycles. The fourth-order valence-electron chi connectivity index (χ4n) is 4.60. The van der Waals surface area contributed by atoms with E-state index in [0.717, 1.165) is 42.5 Å². The fourth-order valence-corrected chi connectivity index (χ4v) is 4.89. The Hall–Kier alpha value is -2.83. The monoisotopic (exact) mass is 596 g/mol. The van der Waals surface area contributed by atoms with Crippen molar-refractivity contribution in [3.05, 3.63) is 58.6 Å². The molecule has 0 radical (unpaired) electrons. The molecule has 40 heavy (non-hydrogen) atoms. The Morgan fingerprint density at radius 3 is 2.27 bits per heavy atom. The van der Waals surface area contributed by atoms with Crippen molar-refractivity contribution in [3.63, 3.8) is 0 Å². The average Bonchev–Trinajstić information content (AvgIpc) is 2.90. The number of rotatable bonds is 8. The van der Waals surface area contributed by atoms with Crippen molar-refractivity contribution in [2.45, 2.75) is 57.0 Å². The molecule has 13 heteroatoms. The number of alkyl halides is 6. The van der Waals surface area contributed by atoms with E-state index in [1.54, 1.807) is 12.1 Å². The lowest BCUT2D eigenvalue weighted by Crippen LogP contribution is -2.45. The second-order valence-corrected chi connectivity index (χ2v) is 9.75. The quantitative estimate of drug-likeness (QED) is 0.226. The van der Waals surface area contributed by atoms with E-state index in [1.165, 1.54) is 0 Å². The van der Waals surface area contributed by atoms with Gasteiger partial charge in [0.15, 0.2) is 0 Å². The smallest absolute Gasteiger partial charge is 0.475 e. The van der Waals surface area contributed by atoms with Gasteiger partial charge >= 0.3 is 24.2 Å². The van der Waals surface area contributed by atoms with Crippen molar-refractivity contribution in [1.82, 2.24) is 10.6 Å². The van der Waals surface area contributed by atoms with E-state index >= 15 is 0 Å². The van der Waals surface area contributed by atoms with Gasteiger partial charge in [0.05, 0.1) is 5.60 Å². The van der Waals surface area contributed by atoms with E-state index in [1.807, 2.05) is 35.6 Å². The minimum atomic E-state index is -5.08. The Labute approximate surface area is 232 Å². The third kappa shape index (κ3) is 9.10. The summed E-state index contributed by atoms with van der Waals surface area (Å²) in [4.78, 5) is 20.1. The number of piperidine rings is 1. The van der Waals surface area contributed by atoms with E-state index in [-0.39, 0.29) is 25.3 Å². The van der Waals surface area contributed by atoms with Gasteiger partial charge < -0.3 is 20.8 Å². The van der Waals surface area contributed by atoms with Gasteiger partial charge in [0, 0.05) is 29.6 Å². The molecule has 4 N–H and O–H groups in total. The molecule has 1 heterocycles. The van der Waals surface area contributed by atoms with Crippen LogP contribution in [0.4, 0.5) is 26.3 Å². The van der Waals surface area contributed by atoms with E-state index in [9.17, 15) is 36.2 Å². The lowest BCUT2D eigenvalue weighted by atomic mass is 9.72. The molecule has 2 aromatic rings. The Kier molecular flexibility index (Phi) is 11.8. The Balaban J connectivity index is 0.000000708. The number of aryl methyl sites for hydroxylation is 1. The Morgan fingerprint density at radius 1 is 1.07 bits per heavy atom. The zero-order valence-electron chi connectivity index (χ0n) is 21.6. The van der Waals surface area contributed by atoms with Gasteiger partial charge in [-0.05, 0) is 61.4 Å². The number of benzene rings is 2. The number of carbonyl (C=O) groups excluding carboxylic acids is 1. The first-order chi connectivity index (χ1) is 18.6. The van der Waals surface area contributed by atoms with Crippen LogP contribution in [-0.2, 0) is 21.6 Å². The van der Waals surface area contributed by atoms with E-state index in [2.05, 4.69) is 12.2 Å². The molecule has 1 saturated heterocycles. The van der Waals surface area contributed by atoms with Crippen molar-refractivity contribution in [2.75, 3.05) is 19.6 Å². The van der Waals surface area contributed by atoms with Crippen LogP contribution in [-0.4, -0.2) is 54.1 Å². The highest BCUT2D eigenvalue weighted by Crippen LogP contribution is 2.45. The van der Waals surface area contributed by atoms with Gasteiger partial charge in [-0.15, -0.1) is 0 Å². The molecule has 2 atom stereocenters. The zero-order valence-corrected chi connectivity index (χ0v) is 22.4. The molecule has 3 rings (SSSR count). The number of nitrogens with one attached hydrogen (secondary N) is 2. The van der Waals surface area contributed by atoms with Crippen LogP contribution in [0, 0.1) is 5.92 Å². The van der Waals surface area contributed by atoms with Crippen LogP contribution in [0.15, 0.2) is 42.5 Å². The van der Waals surface area contributed by atoms with Crippen LogP contribution in [0.3, 0.4) is 0 Å². The summed E-state index contributed by atoms with van der Waals surface area (Å²) in [5.41, 5.74) is 2.11. The van der Waals surface area contributed by atoms with Gasteiger partial charge in [-0.2, -0.15) is 26.3 Å². The molecule has 0 aromatic heterocycles.